The van der Waals surface area contributed by atoms with Crippen LogP contribution in [0.1, 0.15) is 18.9 Å². The maximum absolute atomic E-state index is 11.4. The highest BCUT2D eigenvalue weighted by Gasteiger charge is 2.16. The fourth-order valence-corrected chi connectivity index (χ4v) is 1.33. The average molecular weight is 207 g/mol. The van der Waals surface area contributed by atoms with Gasteiger partial charge in [0.1, 0.15) is 5.75 Å². The molecule has 0 radical (unpaired) electrons. The summed E-state index contributed by atoms with van der Waals surface area (Å²) >= 11 is 0. The van der Waals surface area contributed by atoms with Crippen LogP contribution in [0.25, 0.3) is 0 Å². The molecule has 3 nitrogen and oxygen atoms in total. The van der Waals surface area contributed by atoms with Gasteiger partial charge in [-0.1, -0.05) is 25.1 Å². The number of hydrogen-bond donors (Lipinski definition) is 1. The fraction of sp³-hybridized carbons (Fsp3) is 0.417. The summed E-state index contributed by atoms with van der Waals surface area (Å²) in [6, 6.07) is 7.69. The number of amides is 1. The Labute approximate surface area is 90.4 Å². The molecular formula is C12H17NO2. The molecule has 1 rings (SSSR count). The Morgan fingerprint density at radius 1 is 1.47 bits per heavy atom. The van der Waals surface area contributed by atoms with E-state index in [2.05, 4.69) is 5.32 Å². The van der Waals surface area contributed by atoms with E-state index in [0.717, 1.165) is 11.3 Å². The largest absolute Gasteiger partial charge is 0.480 e. The van der Waals surface area contributed by atoms with Crippen molar-refractivity contribution in [2.75, 3.05) is 7.05 Å². The number of aryl methyl sites for hydroxylation is 1. The van der Waals surface area contributed by atoms with Crippen LogP contribution in [-0.2, 0) is 4.79 Å². The van der Waals surface area contributed by atoms with E-state index in [0.29, 0.717) is 6.42 Å². The molecule has 0 aromatic heterocycles. The topological polar surface area (TPSA) is 38.3 Å². The van der Waals surface area contributed by atoms with Crippen LogP contribution >= 0.6 is 0 Å². The maximum atomic E-state index is 11.4. The third kappa shape index (κ3) is 2.98. The molecule has 15 heavy (non-hydrogen) atoms. The molecule has 0 saturated heterocycles. The Bertz CT molecular complexity index is 336. The van der Waals surface area contributed by atoms with Crippen molar-refractivity contribution in [1.82, 2.24) is 5.32 Å². The number of nitrogens with one attached hydrogen (secondary N) is 1. The first-order valence-electron chi connectivity index (χ1n) is 5.13. The lowest BCUT2D eigenvalue weighted by atomic mass is 10.2. The molecule has 1 atom stereocenters. The van der Waals surface area contributed by atoms with Crippen molar-refractivity contribution in [2.45, 2.75) is 26.4 Å². The van der Waals surface area contributed by atoms with Crippen LogP contribution in [0, 0.1) is 6.92 Å². The van der Waals surface area contributed by atoms with Crippen LogP contribution in [0.5, 0.6) is 5.75 Å². The third-order valence-corrected chi connectivity index (χ3v) is 2.27. The number of carbonyl (C=O) groups is 1. The van der Waals surface area contributed by atoms with E-state index < -0.39 is 6.10 Å². The molecule has 1 N–H and O–H groups in total. The van der Waals surface area contributed by atoms with Crippen LogP contribution in [-0.4, -0.2) is 19.1 Å². The molecule has 1 amide bonds. The zero-order valence-electron chi connectivity index (χ0n) is 9.41. The summed E-state index contributed by atoms with van der Waals surface area (Å²) in [5, 5.41) is 2.59. The Morgan fingerprint density at radius 3 is 2.67 bits per heavy atom. The number of hydrogen-bond acceptors (Lipinski definition) is 2. The van der Waals surface area contributed by atoms with E-state index in [1.54, 1.807) is 7.05 Å². The molecule has 0 aliphatic rings. The molecule has 1 aromatic rings. The molecule has 0 aliphatic carbocycles. The molecule has 0 aliphatic heterocycles. The van der Waals surface area contributed by atoms with Gasteiger partial charge in [-0.2, -0.15) is 0 Å². The average Bonchev–Trinajstić information content (AvgIpc) is 2.27. The molecule has 0 saturated carbocycles. The zero-order valence-corrected chi connectivity index (χ0v) is 9.41. The normalized spacial score (nSPS) is 11.9. The lowest BCUT2D eigenvalue weighted by Gasteiger charge is -2.17. The third-order valence-electron chi connectivity index (χ3n) is 2.27. The van der Waals surface area contributed by atoms with Gasteiger partial charge in [-0.3, -0.25) is 4.79 Å². The lowest BCUT2D eigenvalue weighted by molar-refractivity contribution is -0.127. The zero-order chi connectivity index (χ0) is 11.3. The first kappa shape index (κ1) is 11.6. The highest BCUT2D eigenvalue weighted by Crippen LogP contribution is 2.18. The van der Waals surface area contributed by atoms with Gasteiger partial charge in [0.2, 0.25) is 0 Å². The summed E-state index contributed by atoms with van der Waals surface area (Å²) in [7, 11) is 1.62. The SMILES string of the molecule is CC[C@H](Oc1ccccc1C)C(=O)NC. The summed E-state index contributed by atoms with van der Waals surface area (Å²) in [4.78, 5) is 11.4. The number of para-hydroxylation sites is 1. The second kappa shape index (κ2) is 5.39. The van der Waals surface area contributed by atoms with E-state index in [9.17, 15) is 4.79 Å². The van der Waals surface area contributed by atoms with Crippen LogP contribution in [0.2, 0.25) is 0 Å². The lowest BCUT2D eigenvalue weighted by Crippen LogP contribution is -2.35. The molecule has 0 fully saturated rings. The van der Waals surface area contributed by atoms with Gasteiger partial charge in [-0.05, 0) is 25.0 Å². The predicted molar refractivity (Wildman–Crippen MR) is 60.0 cm³/mol. The molecule has 0 heterocycles. The maximum Gasteiger partial charge on any atom is 0.260 e. The molecule has 1 aromatic carbocycles. The monoisotopic (exact) mass is 207 g/mol. The molecule has 82 valence electrons. The highest BCUT2D eigenvalue weighted by atomic mass is 16.5. The standard InChI is InChI=1S/C12H17NO2/c1-4-10(12(14)13-3)15-11-8-6-5-7-9(11)2/h5-8,10H,4H2,1-3H3,(H,13,14)/t10-/m0/s1. The van der Waals surface area contributed by atoms with Crippen molar-refractivity contribution < 1.29 is 9.53 Å². The first-order valence-corrected chi connectivity index (χ1v) is 5.13. The van der Waals surface area contributed by atoms with Crippen molar-refractivity contribution in [1.29, 1.82) is 0 Å². The minimum Gasteiger partial charge on any atom is -0.480 e. The summed E-state index contributed by atoms with van der Waals surface area (Å²) < 4.78 is 5.64. The van der Waals surface area contributed by atoms with Gasteiger partial charge in [0.15, 0.2) is 6.10 Å². The van der Waals surface area contributed by atoms with Gasteiger partial charge in [0.05, 0.1) is 0 Å². The van der Waals surface area contributed by atoms with Gasteiger partial charge in [-0.25, -0.2) is 0 Å². The van der Waals surface area contributed by atoms with E-state index in [4.69, 9.17) is 4.74 Å². The summed E-state index contributed by atoms with van der Waals surface area (Å²) in [6.07, 6.45) is 0.254. The van der Waals surface area contributed by atoms with Gasteiger partial charge in [0.25, 0.3) is 5.91 Å². The van der Waals surface area contributed by atoms with Crippen LogP contribution < -0.4 is 10.1 Å². The van der Waals surface area contributed by atoms with E-state index in [1.165, 1.54) is 0 Å². The van der Waals surface area contributed by atoms with Gasteiger partial charge in [0, 0.05) is 7.05 Å². The van der Waals surface area contributed by atoms with E-state index in [-0.39, 0.29) is 5.91 Å². The predicted octanol–water partition coefficient (Wildman–Crippen LogP) is 1.90. The van der Waals surface area contributed by atoms with Gasteiger partial charge in [-0.15, -0.1) is 0 Å². The van der Waals surface area contributed by atoms with Crippen molar-refractivity contribution in [3.63, 3.8) is 0 Å². The molecule has 3 heteroatoms. The highest BCUT2D eigenvalue weighted by molar-refractivity contribution is 5.80. The van der Waals surface area contributed by atoms with E-state index in [1.807, 2.05) is 38.1 Å². The van der Waals surface area contributed by atoms with Crippen molar-refractivity contribution in [3.8, 4) is 5.75 Å². The minimum atomic E-state index is -0.406. The number of benzene rings is 1. The summed E-state index contributed by atoms with van der Waals surface area (Å²) in [5.41, 5.74) is 1.04. The molecule has 0 spiro atoms. The number of rotatable bonds is 4. The molecule has 0 bridgehead atoms. The fourth-order valence-electron chi connectivity index (χ4n) is 1.33. The van der Waals surface area contributed by atoms with Crippen LogP contribution in [0.15, 0.2) is 24.3 Å². The quantitative estimate of drug-likeness (QED) is 0.819. The number of carbonyl (C=O) groups excluding carboxylic acids is 1. The smallest absolute Gasteiger partial charge is 0.260 e. The minimum absolute atomic E-state index is 0.0826. The summed E-state index contributed by atoms with van der Waals surface area (Å²) in [5.74, 6) is 0.689. The van der Waals surface area contributed by atoms with Gasteiger partial charge < -0.3 is 10.1 Å². The van der Waals surface area contributed by atoms with Crippen molar-refractivity contribution in [3.05, 3.63) is 29.8 Å². The Hall–Kier alpha value is -1.51. The van der Waals surface area contributed by atoms with Crippen molar-refractivity contribution in [2.24, 2.45) is 0 Å². The Morgan fingerprint density at radius 2 is 2.13 bits per heavy atom. The van der Waals surface area contributed by atoms with Crippen LogP contribution in [0.3, 0.4) is 0 Å². The molecular weight excluding hydrogens is 190 g/mol. The second-order valence-electron chi connectivity index (χ2n) is 3.39. The Balaban J connectivity index is 2.75. The van der Waals surface area contributed by atoms with Crippen LogP contribution in [0.4, 0.5) is 0 Å². The Kier molecular flexibility index (Phi) is 4.16. The number of likely N-dealkylation sites (N-methyl/N-ethyl adjacent to an activating group) is 1. The molecule has 0 unspecified atom stereocenters. The number of ether oxygens (including phenoxy) is 1. The first-order chi connectivity index (χ1) is 7.19. The summed E-state index contributed by atoms with van der Waals surface area (Å²) in [6.45, 7) is 3.89. The van der Waals surface area contributed by atoms with Crippen molar-refractivity contribution >= 4 is 5.91 Å². The second-order valence-corrected chi connectivity index (χ2v) is 3.39. The van der Waals surface area contributed by atoms with Gasteiger partial charge >= 0.3 is 0 Å². The van der Waals surface area contributed by atoms with E-state index >= 15 is 0 Å².